The highest BCUT2D eigenvalue weighted by molar-refractivity contribution is 5.90. The highest BCUT2D eigenvalue weighted by Crippen LogP contribution is 2.21. The summed E-state index contributed by atoms with van der Waals surface area (Å²) >= 11 is 0. The number of benzene rings is 2. The molecule has 3 atom stereocenters. The SMILES string of the molecule is Cl.N#Cc1ccnc(O[C@H]2CCCN(C(=O)Nc3ccccc3)C2)c1.N#Cc1ccnc(O[C@H]2CCCNC2)c1.NCc1ccnc(O[C@H]2CCCN(C(=O)Nc3ccccc3)C2)c1.O=C(O)C(F)(F)F. The highest BCUT2D eigenvalue weighted by Gasteiger charge is 2.38. The van der Waals surface area contributed by atoms with E-state index in [2.05, 4.69) is 43.0 Å². The Hall–Kier alpha value is -7.72. The third kappa shape index (κ3) is 20.0. The molecule has 0 saturated carbocycles. The van der Waals surface area contributed by atoms with Gasteiger partial charge in [-0.05, 0) is 93.1 Å². The number of halogens is 4. The van der Waals surface area contributed by atoms with Gasteiger partial charge in [-0.25, -0.2) is 29.3 Å². The molecule has 6 N–H and O–H groups in total. The van der Waals surface area contributed by atoms with Crippen LogP contribution in [-0.2, 0) is 11.3 Å². The summed E-state index contributed by atoms with van der Waals surface area (Å²) in [4.78, 5) is 49.6. The van der Waals surface area contributed by atoms with Crippen LogP contribution >= 0.6 is 12.4 Å². The average molecular weight is 1000 g/mol. The number of aromatic nitrogens is 3. The van der Waals surface area contributed by atoms with Crippen molar-refractivity contribution in [2.45, 2.75) is 69.6 Å². The first-order valence-corrected chi connectivity index (χ1v) is 22.4. The lowest BCUT2D eigenvalue weighted by atomic mass is 10.1. The molecule has 4 amide bonds. The van der Waals surface area contributed by atoms with Gasteiger partial charge in [-0.3, -0.25) is 0 Å². The van der Waals surface area contributed by atoms with Crippen molar-refractivity contribution in [2.75, 3.05) is 49.9 Å². The Balaban J connectivity index is 0.000000220. The number of nitriles is 2. The van der Waals surface area contributed by atoms with Gasteiger partial charge >= 0.3 is 24.2 Å². The zero-order valence-electron chi connectivity index (χ0n) is 38.5. The van der Waals surface area contributed by atoms with E-state index in [1.54, 1.807) is 52.7 Å². The molecular weight excluding hydrogens is 947 g/mol. The zero-order chi connectivity index (χ0) is 50.1. The van der Waals surface area contributed by atoms with Crippen LogP contribution in [0.5, 0.6) is 17.6 Å². The first kappa shape index (κ1) is 55.9. The second kappa shape index (κ2) is 29.3. The lowest BCUT2D eigenvalue weighted by Gasteiger charge is -2.32. The fourth-order valence-electron chi connectivity index (χ4n) is 7.05. The van der Waals surface area contributed by atoms with Gasteiger partial charge in [0.15, 0.2) is 0 Å². The summed E-state index contributed by atoms with van der Waals surface area (Å²) < 4.78 is 49.2. The monoisotopic (exact) mass is 1000 g/mol. The number of carboxylic acids is 1. The number of piperidine rings is 3. The summed E-state index contributed by atoms with van der Waals surface area (Å²) in [6.45, 7) is 4.85. The number of alkyl halides is 3. The molecule has 18 nitrogen and oxygen atoms in total. The number of rotatable bonds is 9. The van der Waals surface area contributed by atoms with Crippen LogP contribution in [-0.4, -0.2) is 112 Å². The van der Waals surface area contributed by atoms with Crippen LogP contribution in [0, 0.1) is 22.7 Å². The van der Waals surface area contributed by atoms with Gasteiger partial charge in [-0.2, -0.15) is 23.7 Å². The third-order valence-electron chi connectivity index (χ3n) is 10.5. The van der Waals surface area contributed by atoms with Crippen LogP contribution in [0.15, 0.2) is 116 Å². The number of carbonyl (C=O) groups is 3. The van der Waals surface area contributed by atoms with Gasteiger partial charge in [0, 0.05) is 74.3 Å². The summed E-state index contributed by atoms with van der Waals surface area (Å²) in [7, 11) is 0. The number of urea groups is 2. The molecule has 5 aromatic rings. The Morgan fingerprint density at radius 3 is 1.52 bits per heavy atom. The van der Waals surface area contributed by atoms with E-state index >= 15 is 0 Å². The molecule has 0 radical (unpaired) electrons. The van der Waals surface area contributed by atoms with E-state index in [1.807, 2.05) is 72.8 Å². The maximum atomic E-state index is 12.4. The second-order valence-corrected chi connectivity index (χ2v) is 15.8. The molecule has 3 aliphatic heterocycles. The van der Waals surface area contributed by atoms with Crippen LogP contribution < -0.4 is 35.9 Å². The van der Waals surface area contributed by atoms with Crippen molar-refractivity contribution in [3.05, 3.63) is 132 Å². The Labute approximate surface area is 415 Å². The fraction of sp³-hybridized carbons (Fsp3) is 0.347. The smallest absolute Gasteiger partial charge is 0.475 e. The minimum absolute atomic E-state index is 0. The van der Waals surface area contributed by atoms with E-state index in [-0.39, 0.29) is 42.8 Å². The van der Waals surface area contributed by atoms with Crippen molar-refractivity contribution in [1.82, 2.24) is 30.1 Å². The van der Waals surface area contributed by atoms with Crippen molar-refractivity contribution in [3.8, 4) is 29.8 Å². The summed E-state index contributed by atoms with van der Waals surface area (Å²) in [6.07, 6.45) is 5.48. The van der Waals surface area contributed by atoms with Crippen molar-refractivity contribution >= 4 is 41.8 Å². The standard InChI is InChI=1S/C18H22N4O2.C18H18N4O2.C11H13N3O.C2HF3O2.ClH/c2*19-12-14-8-9-20-17(11-14)24-16-7-4-10-22(13-16)18(23)21-15-5-2-1-3-6-15;12-7-9-3-5-14-11(6-9)15-10-2-1-4-13-8-10;3-2(4,5)1(6)7;/h1-3,5-6,8-9,11,16H,4,7,10,12-13,19H2,(H,21,23);1-3,5-6,8-9,11,16H,4,7,10,13H2,(H,21,23);3,5-6,10,13H,1-2,4,8H2;(H,6,7);1H/t2*16-;10-;;/m000../s1. The Morgan fingerprint density at radius 2 is 1.11 bits per heavy atom. The molecule has 0 spiro atoms. The molecule has 376 valence electrons. The largest absolute Gasteiger partial charge is 0.490 e. The highest BCUT2D eigenvalue weighted by atomic mass is 35.5. The summed E-state index contributed by atoms with van der Waals surface area (Å²) in [5.74, 6) is -1.23. The van der Waals surface area contributed by atoms with E-state index in [9.17, 15) is 22.8 Å². The number of anilines is 2. The normalized spacial score (nSPS) is 17.1. The van der Waals surface area contributed by atoms with Crippen molar-refractivity contribution in [1.29, 1.82) is 10.5 Å². The minimum atomic E-state index is -5.08. The predicted molar refractivity (Wildman–Crippen MR) is 259 cm³/mol. The number of aliphatic carboxylic acids is 1. The van der Waals surface area contributed by atoms with Crippen LogP contribution in [0.1, 0.15) is 55.2 Å². The second-order valence-electron chi connectivity index (χ2n) is 15.8. The molecule has 71 heavy (non-hydrogen) atoms. The number of ether oxygens (including phenoxy) is 3. The van der Waals surface area contributed by atoms with Gasteiger partial charge in [0.2, 0.25) is 17.6 Å². The topological polar surface area (TPSA) is 254 Å². The molecule has 3 saturated heterocycles. The van der Waals surface area contributed by atoms with Crippen LogP contribution in [0.3, 0.4) is 0 Å². The van der Waals surface area contributed by atoms with Gasteiger partial charge in [0.25, 0.3) is 0 Å². The first-order chi connectivity index (χ1) is 33.8. The number of nitrogens with two attached hydrogens (primary N) is 1. The Morgan fingerprint density at radius 1 is 0.690 bits per heavy atom. The molecule has 3 aliphatic rings. The number of pyridine rings is 3. The number of nitrogens with zero attached hydrogens (tertiary/aromatic N) is 7. The van der Waals surface area contributed by atoms with E-state index in [0.29, 0.717) is 54.9 Å². The van der Waals surface area contributed by atoms with E-state index < -0.39 is 12.1 Å². The number of carboxylic acid groups (broad SMARTS) is 1. The van der Waals surface area contributed by atoms with Crippen LogP contribution in [0.25, 0.3) is 0 Å². The lowest BCUT2D eigenvalue weighted by Crippen LogP contribution is -2.46. The van der Waals surface area contributed by atoms with Crippen molar-refractivity contribution < 1.29 is 46.9 Å². The van der Waals surface area contributed by atoms with Crippen molar-refractivity contribution in [2.24, 2.45) is 5.73 Å². The number of para-hydroxylation sites is 2. The van der Waals surface area contributed by atoms with Gasteiger partial charge in [0.1, 0.15) is 18.3 Å². The summed E-state index contributed by atoms with van der Waals surface area (Å²) in [6, 6.07) is 33.1. The Bertz CT molecular complexity index is 2510. The molecule has 0 aliphatic carbocycles. The average Bonchev–Trinajstić information content (AvgIpc) is 3.38. The number of likely N-dealkylation sites (tertiary alicyclic amines) is 2. The lowest BCUT2D eigenvalue weighted by molar-refractivity contribution is -0.192. The molecule has 0 unspecified atom stereocenters. The predicted octanol–water partition coefficient (Wildman–Crippen LogP) is 7.78. The van der Waals surface area contributed by atoms with Crippen LogP contribution in [0.2, 0.25) is 0 Å². The molecule has 22 heteroatoms. The van der Waals surface area contributed by atoms with E-state index in [0.717, 1.165) is 75.1 Å². The maximum absolute atomic E-state index is 12.4. The van der Waals surface area contributed by atoms with E-state index in [4.69, 9.17) is 40.4 Å². The number of carbonyl (C=O) groups excluding carboxylic acids is 2. The van der Waals surface area contributed by atoms with Gasteiger partial charge in [-0.1, -0.05) is 36.4 Å². The molecular formula is C49H55ClF3N11O7. The molecule has 3 fully saturated rings. The van der Waals surface area contributed by atoms with Gasteiger partial charge in [-0.15, -0.1) is 12.4 Å². The number of hydrogen-bond acceptors (Lipinski definition) is 13. The number of nitrogens with one attached hydrogen (secondary N) is 3. The maximum Gasteiger partial charge on any atom is 0.490 e. The van der Waals surface area contributed by atoms with E-state index in [1.165, 1.54) is 0 Å². The summed E-state index contributed by atoms with van der Waals surface area (Å²) in [5.41, 5.74) is 9.29. The van der Waals surface area contributed by atoms with Crippen molar-refractivity contribution in [3.63, 3.8) is 0 Å². The minimum Gasteiger partial charge on any atom is -0.475 e. The summed E-state index contributed by atoms with van der Waals surface area (Å²) in [5, 5.41) is 33.8. The number of hydrogen-bond donors (Lipinski definition) is 5. The molecule has 6 heterocycles. The Kier molecular flexibility index (Phi) is 23.1. The molecule has 0 bridgehead atoms. The molecule has 2 aromatic carbocycles. The third-order valence-corrected chi connectivity index (χ3v) is 10.5. The number of amides is 4. The first-order valence-electron chi connectivity index (χ1n) is 22.4. The fourth-order valence-corrected chi connectivity index (χ4v) is 7.05. The van der Waals surface area contributed by atoms with Gasteiger partial charge < -0.3 is 50.8 Å². The van der Waals surface area contributed by atoms with Gasteiger partial charge in [0.05, 0.1) is 36.4 Å². The van der Waals surface area contributed by atoms with Crippen LogP contribution in [0.4, 0.5) is 34.1 Å². The molecule has 3 aromatic heterocycles. The molecule has 8 rings (SSSR count). The zero-order valence-corrected chi connectivity index (χ0v) is 39.4. The quantitative estimate of drug-likeness (QED) is 0.0946.